The van der Waals surface area contributed by atoms with Crippen LogP contribution in [0.15, 0.2) is 48.5 Å². The van der Waals surface area contributed by atoms with Crippen molar-refractivity contribution in [3.63, 3.8) is 0 Å². The quantitative estimate of drug-likeness (QED) is 0.867. The third kappa shape index (κ3) is 2.58. The van der Waals surface area contributed by atoms with Crippen molar-refractivity contribution < 1.29 is 0 Å². The molecule has 1 N–H and O–H groups in total. The van der Waals surface area contributed by atoms with Crippen LogP contribution in [0.3, 0.4) is 0 Å². The van der Waals surface area contributed by atoms with E-state index in [9.17, 15) is 0 Å². The third-order valence-corrected chi connectivity index (χ3v) is 3.81. The summed E-state index contributed by atoms with van der Waals surface area (Å²) < 4.78 is 0. The molecule has 0 aliphatic carbocycles. The maximum absolute atomic E-state index is 5.91. The van der Waals surface area contributed by atoms with Crippen molar-refractivity contribution in [2.75, 3.05) is 0 Å². The Kier molecular flexibility index (Phi) is 3.35. The molecule has 0 saturated carbocycles. The predicted octanol–water partition coefficient (Wildman–Crippen LogP) is 3.60. The van der Waals surface area contributed by atoms with Crippen molar-refractivity contribution in [1.29, 1.82) is 0 Å². The second-order valence-electron chi connectivity index (χ2n) is 4.88. The second kappa shape index (κ2) is 5.13. The molecule has 2 heteroatoms. The molecule has 92 valence electrons. The molecule has 0 spiro atoms. The van der Waals surface area contributed by atoms with Gasteiger partial charge in [0.2, 0.25) is 0 Å². The number of benzene rings is 2. The highest BCUT2D eigenvalue weighted by Crippen LogP contribution is 2.19. The fourth-order valence-corrected chi connectivity index (χ4v) is 2.70. The highest BCUT2D eigenvalue weighted by atomic mass is 35.5. The first-order valence-corrected chi connectivity index (χ1v) is 6.74. The topological polar surface area (TPSA) is 12.0 Å². The van der Waals surface area contributed by atoms with Crippen molar-refractivity contribution >= 4 is 11.6 Å². The van der Waals surface area contributed by atoms with E-state index >= 15 is 0 Å². The molecule has 0 amide bonds. The number of hydrogen-bond donors (Lipinski definition) is 1. The Morgan fingerprint density at radius 1 is 1.00 bits per heavy atom. The number of halogens is 1. The molecular weight excluding hydrogens is 242 g/mol. The summed E-state index contributed by atoms with van der Waals surface area (Å²) in [5.74, 6) is 0. The van der Waals surface area contributed by atoms with E-state index in [0.717, 1.165) is 24.4 Å². The number of rotatable bonds is 2. The summed E-state index contributed by atoms with van der Waals surface area (Å²) in [5, 5.41) is 4.41. The molecule has 18 heavy (non-hydrogen) atoms. The average molecular weight is 258 g/mol. The predicted molar refractivity (Wildman–Crippen MR) is 75.9 cm³/mol. The lowest BCUT2D eigenvalue weighted by molar-refractivity contribution is 0.477. The molecule has 0 aromatic heterocycles. The van der Waals surface area contributed by atoms with Crippen LogP contribution in [0.5, 0.6) is 0 Å². The lowest BCUT2D eigenvalue weighted by atomic mass is 9.92. The zero-order chi connectivity index (χ0) is 12.4. The van der Waals surface area contributed by atoms with Gasteiger partial charge in [0, 0.05) is 17.6 Å². The van der Waals surface area contributed by atoms with Crippen LogP contribution in [-0.2, 0) is 19.4 Å². The van der Waals surface area contributed by atoms with Crippen molar-refractivity contribution in [2.24, 2.45) is 0 Å². The summed E-state index contributed by atoms with van der Waals surface area (Å²) in [4.78, 5) is 0. The molecule has 0 radical (unpaired) electrons. The van der Waals surface area contributed by atoms with Gasteiger partial charge in [-0.1, -0.05) is 48.0 Å². The summed E-state index contributed by atoms with van der Waals surface area (Å²) in [6.45, 7) is 0.981. The van der Waals surface area contributed by atoms with E-state index in [1.54, 1.807) is 0 Å². The maximum atomic E-state index is 5.91. The van der Waals surface area contributed by atoms with Crippen LogP contribution >= 0.6 is 11.6 Å². The van der Waals surface area contributed by atoms with Crippen LogP contribution in [0.25, 0.3) is 0 Å². The lowest BCUT2D eigenvalue weighted by Gasteiger charge is -2.26. The molecular formula is C16H16ClN. The summed E-state index contributed by atoms with van der Waals surface area (Å²) in [6.07, 6.45) is 2.17. The van der Waals surface area contributed by atoms with E-state index in [4.69, 9.17) is 11.6 Å². The van der Waals surface area contributed by atoms with Gasteiger partial charge in [0.1, 0.15) is 0 Å². The van der Waals surface area contributed by atoms with Gasteiger partial charge in [-0.25, -0.2) is 0 Å². The lowest BCUT2D eigenvalue weighted by Crippen LogP contribution is -2.37. The molecule has 0 fully saturated rings. The van der Waals surface area contributed by atoms with Gasteiger partial charge < -0.3 is 5.32 Å². The summed E-state index contributed by atoms with van der Waals surface area (Å²) in [6, 6.07) is 17.4. The standard InChI is InChI=1S/C16H16ClN/c17-15-7-5-12(6-8-15)9-16-10-13-3-1-2-4-14(13)11-18-16/h1-8,16,18H,9-11H2. The SMILES string of the molecule is Clc1ccc(CC2Cc3ccccc3CN2)cc1. The molecule has 1 aliphatic rings. The van der Waals surface area contributed by atoms with Crippen molar-refractivity contribution in [3.8, 4) is 0 Å². The monoisotopic (exact) mass is 257 g/mol. The minimum atomic E-state index is 0.529. The molecule has 1 unspecified atom stereocenters. The molecule has 1 aliphatic heterocycles. The van der Waals surface area contributed by atoms with E-state index in [2.05, 4.69) is 41.7 Å². The largest absolute Gasteiger partial charge is 0.309 e. The summed E-state index contributed by atoms with van der Waals surface area (Å²) in [5.41, 5.74) is 4.26. The first kappa shape index (κ1) is 11.8. The minimum Gasteiger partial charge on any atom is -0.309 e. The van der Waals surface area contributed by atoms with Crippen LogP contribution in [0, 0.1) is 0 Å². The van der Waals surface area contributed by atoms with Gasteiger partial charge in [0.15, 0.2) is 0 Å². The van der Waals surface area contributed by atoms with E-state index in [-0.39, 0.29) is 0 Å². The second-order valence-corrected chi connectivity index (χ2v) is 5.32. The Hall–Kier alpha value is -1.31. The maximum Gasteiger partial charge on any atom is 0.0406 e. The molecule has 3 rings (SSSR count). The zero-order valence-electron chi connectivity index (χ0n) is 10.2. The smallest absolute Gasteiger partial charge is 0.0406 e. The van der Waals surface area contributed by atoms with E-state index in [0.29, 0.717) is 6.04 Å². The Labute approximate surface area is 113 Å². The van der Waals surface area contributed by atoms with Gasteiger partial charge in [-0.3, -0.25) is 0 Å². The highest BCUT2D eigenvalue weighted by Gasteiger charge is 2.17. The highest BCUT2D eigenvalue weighted by molar-refractivity contribution is 6.30. The van der Waals surface area contributed by atoms with Gasteiger partial charge >= 0.3 is 0 Å². The van der Waals surface area contributed by atoms with Crippen LogP contribution in [-0.4, -0.2) is 6.04 Å². The van der Waals surface area contributed by atoms with Crippen molar-refractivity contribution in [2.45, 2.75) is 25.4 Å². The molecule has 2 aromatic rings. The first-order valence-electron chi connectivity index (χ1n) is 6.36. The fourth-order valence-electron chi connectivity index (χ4n) is 2.57. The van der Waals surface area contributed by atoms with Gasteiger partial charge in [0.25, 0.3) is 0 Å². The van der Waals surface area contributed by atoms with E-state index in [1.165, 1.54) is 16.7 Å². The molecule has 1 nitrogen and oxygen atoms in total. The number of nitrogens with one attached hydrogen (secondary N) is 1. The van der Waals surface area contributed by atoms with Gasteiger partial charge in [-0.15, -0.1) is 0 Å². The fraction of sp³-hybridized carbons (Fsp3) is 0.250. The van der Waals surface area contributed by atoms with Crippen LogP contribution in [0.1, 0.15) is 16.7 Å². The van der Waals surface area contributed by atoms with Gasteiger partial charge in [-0.2, -0.15) is 0 Å². The first-order chi connectivity index (χ1) is 8.81. The molecule has 1 heterocycles. The minimum absolute atomic E-state index is 0.529. The normalized spacial score (nSPS) is 18.4. The number of hydrogen-bond acceptors (Lipinski definition) is 1. The number of fused-ring (bicyclic) bond motifs is 1. The van der Waals surface area contributed by atoms with Crippen LogP contribution < -0.4 is 5.32 Å². The van der Waals surface area contributed by atoms with Crippen LogP contribution in [0.2, 0.25) is 5.02 Å². The van der Waals surface area contributed by atoms with Gasteiger partial charge in [-0.05, 0) is 41.7 Å². The Morgan fingerprint density at radius 3 is 2.50 bits per heavy atom. The Balaban J connectivity index is 1.71. The third-order valence-electron chi connectivity index (χ3n) is 3.56. The Bertz CT molecular complexity index is 533. The van der Waals surface area contributed by atoms with Crippen molar-refractivity contribution in [3.05, 3.63) is 70.2 Å². The molecule has 0 saturated heterocycles. The van der Waals surface area contributed by atoms with E-state index < -0.39 is 0 Å². The molecule has 0 bridgehead atoms. The summed E-state index contributed by atoms with van der Waals surface area (Å²) in [7, 11) is 0. The van der Waals surface area contributed by atoms with Crippen molar-refractivity contribution in [1.82, 2.24) is 5.32 Å². The molecule has 1 atom stereocenters. The Morgan fingerprint density at radius 2 is 1.72 bits per heavy atom. The average Bonchev–Trinajstić information content (AvgIpc) is 2.41. The zero-order valence-corrected chi connectivity index (χ0v) is 11.0. The van der Waals surface area contributed by atoms with Crippen LogP contribution in [0.4, 0.5) is 0 Å². The van der Waals surface area contributed by atoms with E-state index in [1.807, 2.05) is 12.1 Å². The van der Waals surface area contributed by atoms with Gasteiger partial charge in [0.05, 0.1) is 0 Å². The molecule has 2 aromatic carbocycles. The summed E-state index contributed by atoms with van der Waals surface area (Å²) >= 11 is 5.91.